The van der Waals surface area contributed by atoms with Crippen molar-refractivity contribution in [2.45, 2.75) is 40.0 Å². The van der Waals surface area contributed by atoms with E-state index in [9.17, 15) is 0 Å². The smallest absolute Gasteiger partial charge is 0.0300 e. The summed E-state index contributed by atoms with van der Waals surface area (Å²) >= 11 is 0. The Kier molecular flexibility index (Phi) is 5.91. The van der Waals surface area contributed by atoms with Crippen LogP contribution < -0.4 is 0 Å². The molecule has 0 N–H and O–H groups in total. The molecule has 0 nitrogen and oxygen atoms in total. The monoisotopic (exact) mass is 152 g/mol. The molecule has 0 amide bonds. The van der Waals surface area contributed by atoms with Crippen LogP contribution in [0.2, 0.25) is 0 Å². The lowest BCUT2D eigenvalue weighted by molar-refractivity contribution is 0.534. The minimum absolute atomic E-state index is 0.795. The second-order valence-corrected chi connectivity index (χ2v) is 3.41. The van der Waals surface area contributed by atoms with Crippen LogP contribution >= 0.6 is 0 Å². The Labute approximate surface area is 71.0 Å². The Morgan fingerprint density at radius 3 is 2.64 bits per heavy atom. The normalized spacial score (nSPS) is 13.7. The van der Waals surface area contributed by atoms with Crippen molar-refractivity contribution in [3.8, 4) is 0 Å². The van der Waals surface area contributed by atoms with Gasteiger partial charge in [0, 0.05) is 0 Å². The molecular formula is C11H20. The van der Waals surface area contributed by atoms with Gasteiger partial charge in [-0.2, -0.15) is 0 Å². The van der Waals surface area contributed by atoms with Gasteiger partial charge in [0.2, 0.25) is 0 Å². The van der Waals surface area contributed by atoms with Crippen molar-refractivity contribution in [1.29, 1.82) is 0 Å². The number of hydrogen-bond donors (Lipinski definition) is 0. The highest BCUT2D eigenvalue weighted by molar-refractivity contribution is 4.90. The largest absolute Gasteiger partial charge is 0.100 e. The third-order valence-corrected chi connectivity index (χ3v) is 1.76. The molecule has 0 rings (SSSR count). The first-order chi connectivity index (χ1) is 5.16. The lowest BCUT2D eigenvalue weighted by Crippen LogP contribution is -1.93. The van der Waals surface area contributed by atoms with Crippen LogP contribution in [-0.2, 0) is 0 Å². The Bertz CT molecular complexity index is 131. The van der Waals surface area contributed by atoms with E-state index in [0.717, 1.165) is 5.92 Å². The van der Waals surface area contributed by atoms with E-state index in [1.165, 1.54) is 24.8 Å². The summed E-state index contributed by atoms with van der Waals surface area (Å²) in [5, 5.41) is 0. The lowest BCUT2D eigenvalue weighted by atomic mass is 9.98. The first-order valence-electron chi connectivity index (χ1n) is 4.42. The molecule has 1 unspecified atom stereocenters. The lowest BCUT2D eigenvalue weighted by Gasteiger charge is -2.08. The summed E-state index contributed by atoms with van der Waals surface area (Å²) in [5.41, 5.74) is 1.30. The molecule has 0 fully saturated rings. The highest BCUT2D eigenvalue weighted by Crippen LogP contribution is 2.14. The molecule has 0 radical (unpaired) electrons. The van der Waals surface area contributed by atoms with E-state index in [1.54, 1.807) is 0 Å². The van der Waals surface area contributed by atoms with E-state index in [2.05, 4.69) is 39.5 Å². The predicted molar refractivity (Wildman–Crippen MR) is 52.6 cm³/mol. The summed E-state index contributed by atoms with van der Waals surface area (Å²) < 4.78 is 0. The van der Waals surface area contributed by atoms with E-state index in [4.69, 9.17) is 0 Å². The van der Waals surface area contributed by atoms with Gasteiger partial charge in [0.25, 0.3) is 0 Å². The van der Waals surface area contributed by atoms with Crippen molar-refractivity contribution in [1.82, 2.24) is 0 Å². The van der Waals surface area contributed by atoms with Crippen molar-refractivity contribution in [2.75, 3.05) is 0 Å². The zero-order valence-electron chi connectivity index (χ0n) is 8.06. The molecule has 0 bridgehead atoms. The topological polar surface area (TPSA) is 0 Å². The highest BCUT2D eigenvalue weighted by atomic mass is 14.0. The summed E-state index contributed by atoms with van der Waals surface area (Å²) in [6, 6.07) is 0. The molecule has 0 heterocycles. The zero-order chi connectivity index (χ0) is 8.69. The van der Waals surface area contributed by atoms with Gasteiger partial charge in [-0.15, -0.1) is 6.58 Å². The molecule has 0 spiro atoms. The molecule has 0 saturated heterocycles. The van der Waals surface area contributed by atoms with E-state index < -0.39 is 0 Å². The maximum Gasteiger partial charge on any atom is -0.0300 e. The molecule has 0 aliphatic heterocycles. The summed E-state index contributed by atoms with van der Waals surface area (Å²) in [5.74, 6) is 0.795. The molecule has 0 aromatic heterocycles. The Morgan fingerprint density at radius 1 is 1.55 bits per heavy atom. The molecule has 1 atom stereocenters. The van der Waals surface area contributed by atoms with Crippen molar-refractivity contribution in [3.63, 3.8) is 0 Å². The van der Waals surface area contributed by atoms with Crippen molar-refractivity contribution in [3.05, 3.63) is 24.3 Å². The molecule has 0 saturated carbocycles. The quantitative estimate of drug-likeness (QED) is 0.523. The summed E-state index contributed by atoms with van der Waals surface area (Å²) in [6.07, 6.45) is 8.03. The Morgan fingerprint density at radius 2 is 2.18 bits per heavy atom. The van der Waals surface area contributed by atoms with Crippen LogP contribution in [0.25, 0.3) is 0 Å². The van der Waals surface area contributed by atoms with Crippen LogP contribution in [-0.4, -0.2) is 0 Å². The molecule has 11 heavy (non-hydrogen) atoms. The average molecular weight is 152 g/mol. The fraction of sp³-hybridized carbons (Fsp3) is 0.636. The second kappa shape index (κ2) is 6.21. The van der Waals surface area contributed by atoms with Crippen LogP contribution in [0.4, 0.5) is 0 Å². The fourth-order valence-corrected chi connectivity index (χ4v) is 1.24. The Balaban J connectivity index is 3.36. The summed E-state index contributed by atoms with van der Waals surface area (Å²) in [6.45, 7) is 10.4. The molecule has 0 aliphatic carbocycles. The van der Waals surface area contributed by atoms with Gasteiger partial charge in [0.1, 0.15) is 0 Å². The van der Waals surface area contributed by atoms with E-state index in [1.807, 2.05) is 0 Å². The van der Waals surface area contributed by atoms with Crippen LogP contribution in [0.3, 0.4) is 0 Å². The van der Waals surface area contributed by atoms with Crippen LogP contribution in [0, 0.1) is 5.92 Å². The number of hydrogen-bond acceptors (Lipinski definition) is 0. The van der Waals surface area contributed by atoms with Gasteiger partial charge < -0.3 is 0 Å². The van der Waals surface area contributed by atoms with Gasteiger partial charge >= 0.3 is 0 Å². The van der Waals surface area contributed by atoms with E-state index in [-0.39, 0.29) is 0 Å². The molecule has 0 aliphatic rings. The van der Waals surface area contributed by atoms with Crippen LogP contribution in [0.1, 0.15) is 40.0 Å². The summed E-state index contributed by atoms with van der Waals surface area (Å²) in [4.78, 5) is 0. The SMILES string of the molecule is C=C(C)CC(C)CCC=CC. The fourth-order valence-electron chi connectivity index (χ4n) is 1.24. The Hall–Kier alpha value is -0.520. The van der Waals surface area contributed by atoms with Gasteiger partial charge in [0.15, 0.2) is 0 Å². The minimum atomic E-state index is 0.795. The second-order valence-electron chi connectivity index (χ2n) is 3.41. The van der Waals surface area contributed by atoms with Gasteiger partial charge in [-0.25, -0.2) is 0 Å². The van der Waals surface area contributed by atoms with E-state index in [0.29, 0.717) is 0 Å². The minimum Gasteiger partial charge on any atom is -0.100 e. The van der Waals surface area contributed by atoms with Gasteiger partial charge in [0.05, 0.1) is 0 Å². The zero-order valence-corrected chi connectivity index (χ0v) is 8.06. The molecule has 0 heteroatoms. The first kappa shape index (κ1) is 10.5. The van der Waals surface area contributed by atoms with Crippen molar-refractivity contribution >= 4 is 0 Å². The molecule has 64 valence electrons. The molecule has 0 aromatic carbocycles. The summed E-state index contributed by atoms with van der Waals surface area (Å²) in [7, 11) is 0. The maximum absolute atomic E-state index is 3.91. The predicted octanol–water partition coefficient (Wildman–Crippen LogP) is 3.95. The molecular weight excluding hydrogens is 132 g/mol. The number of allylic oxidation sites excluding steroid dienone is 3. The van der Waals surface area contributed by atoms with Gasteiger partial charge in [-0.05, 0) is 39.0 Å². The third-order valence-electron chi connectivity index (χ3n) is 1.76. The number of rotatable bonds is 5. The van der Waals surface area contributed by atoms with E-state index >= 15 is 0 Å². The first-order valence-corrected chi connectivity index (χ1v) is 4.42. The van der Waals surface area contributed by atoms with Gasteiger partial charge in [-0.1, -0.05) is 24.6 Å². The van der Waals surface area contributed by atoms with Crippen LogP contribution in [0.15, 0.2) is 24.3 Å². The molecule has 0 aromatic rings. The third kappa shape index (κ3) is 7.38. The van der Waals surface area contributed by atoms with Crippen molar-refractivity contribution < 1.29 is 0 Å². The standard InChI is InChI=1S/C11H20/c1-5-6-7-8-11(4)9-10(2)3/h5-6,11H,2,7-9H2,1,3-4H3. The average Bonchev–Trinajstić information content (AvgIpc) is 1.86. The van der Waals surface area contributed by atoms with Crippen molar-refractivity contribution in [2.24, 2.45) is 5.92 Å². The highest BCUT2D eigenvalue weighted by Gasteiger charge is 1.99. The van der Waals surface area contributed by atoms with Gasteiger partial charge in [-0.3, -0.25) is 0 Å². The maximum atomic E-state index is 3.91. The van der Waals surface area contributed by atoms with Crippen LogP contribution in [0.5, 0.6) is 0 Å².